The maximum absolute atomic E-state index is 12.9. The first-order valence-electron chi connectivity index (χ1n) is 7.87. The third-order valence-electron chi connectivity index (χ3n) is 4.38. The molecule has 0 radical (unpaired) electrons. The number of nitrogens with one attached hydrogen (secondary N) is 2. The number of piperidine rings is 1. The van der Waals surface area contributed by atoms with Crippen molar-refractivity contribution in [3.8, 4) is 5.75 Å². The van der Waals surface area contributed by atoms with Crippen molar-refractivity contribution in [3.05, 3.63) is 48.3 Å². The van der Waals surface area contributed by atoms with Crippen molar-refractivity contribution in [3.63, 3.8) is 0 Å². The fourth-order valence-electron chi connectivity index (χ4n) is 3.05. The van der Waals surface area contributed by atoms with Gasteiger partial charge in [-0.15, -0.1) is 12.4 Å². The average Bonchev–Trinajstić information content (AvgIpc) is 3.15. The van der Waals surface area contributed by atoms with Gasteiger partial charge in [0, 0.05) is 18.9 Å². The van der Waals surface area contributed by atoms with Crippen LogP contribution in [0.5, 0.6) is 5.75 Å². The van der Waals surface area contributed by atoms with Crippen molar-refractivity contribution in [1.82, 2.24) is 20.4 Å². The van der Waals surface area contributed by atoms with Gasteiger partial charge in [-0.3, -0.25) is 9.48 Å². The van der Waals surface area contributed by atoms with Crippen molar-refractivity contribution >= 4 is 18.3 Å². The van der Waals surface area contributed by atoms with Crippen LogP contribution in [0.2, 0.25) is 0 Å². The fourth-order valence-corrected chi connectivity index (χ4v) is 3.05. The van der Waals surface area contributed by atoms with E-state index in [4.69, 9.17) is 4.74 Å². The summed E-state index contributed by atoms with van der Waals surface area (Å²) >= 11 is 0. The molecule has 0 aliphatic carbocycles. The van der Waals surface area contributed by atoms with Gasteiger partial charge in [0.15, 0.2) is 0 Å². The number of ether oxygens (including phenoxy) is 1. The van der Waals surface area contributed by atoms with Gasteiger partial charge >= 0.3 is 0 Å². The largest absolute Gasteiger partial charge is 0.497 e. The van der Waals surface area contributed by atoms with E-state index >= 15 is 0 Å². The molecule has 2 heterocycles. The van der Waals surface area contributed by atoms with Crippen molar-refractivity contribution in [2.75, 3.05) is 20.2 Å². The molecule has 1 aromatic carbocycles. The lowest BCUT2D eigenvalue weighted by Gasteiger charge is -2.36. The molecular formula is C17H23ClN4O2. The van der Waals surface area contributed by atoms with Gasteiger partial charge in [-0.2, -0.15) is 5.10 Å². The zero-order valence-corrected chi connectivity index (χ0v) is 14.5. The third-order valence-corrected chi connectivity index (χ3v) is 4.38. The Balaban J connectivity index is 0.00000208. The smallest absolute Gasteiger partial charge is 0.248 e. The quantitative estimate of drug-likeness (QED) is 0.861. The van der Waals surface area contributed by atoms with Crippen LogP contribution < -0.4 is 15.4 Å². The molecule has 0 atom stereocenters. The molecular weight excluding hydrogens is 328 g/mol. The number of benzene rings is 1. The number of nitrogens with zero attached hydrogens (tertiary/aromatic N) is 2. The zero-order valence-electron chi connectivity index (χ0n) is 13.7. The molecule has 24 heavy (non-hydrogen) atoms. The van der Waals surface area contributed by atoms with E-state index in [9.17, 15) is 4.79 Å². The molecule has 1 fully saturated rings. The molecule has 3 rings (SSSR count). The van der Waals surface area contributed by atoms with Gasteiger partial charge in [-0.25, -0.2) is 0 Å². The number of hydrogen-bond donors (Lipinski definition) is 2. The van der Waals surface area contributed by atoms with Crippen LogP contribution in [-0.4, -0.2) is 35.9 Å². The van der Waals surface area contributed by atoms with Crippen LogP contribution in [0.25, 0.3) is 0 Å². The van der Waals surface area contributed by atoms with E-state index in [0.717, 1.165) is 37.2 Å². The Morgan fingerprint density at radius 3 is 2.83 bits per heavy atom. The van der Waals surface area contributed by atoms with Gasteiger partial charge < -0.3 is 15.4 Å². The summed E-state index contributed by atoms with van der Waals surface area (Å²) in [4.78, 5) is 12.9. The van der Waals surface area contributed by atoms with E-state index in [1.807, 2.05) is 36.5 Å². The minimum Gasteiger partial charge on any atom is -0.497 e. The highest BCUT2D eigenvalue weighted by atomic mass is 35.5. The van der Waals surface area contributed by atoms with Crippen LogP contribution in [0.1, 0.15) is 18.4 Å². The molecule has 1 amide bonds. The number of methoxy groups -OCH3 is 1. The first-order chi connectivity index (χ1) is 11.2. The number of carbonyl (C=O) groups is 1. The van der Waals surface area contributed by atoms with Crippen LogP contribution in [0.15, 0.2) is 42.7 Å². The van der Waals surface area contributed by atoms with Crippen LogP contribution in [0.3, 0.4) is 0 Å². The predicted octanol–water partition coefficient (Wildman–Crippen LogP) is 1.71. The first-order valence-corrected chi connectivity index (χ1v) is 7.87. The minimum absolute atomic E-state index is 0. The van der Waals surface area contributed by atoms with Gasteiger partial charge in [-0.05, 0) is 49.7 Å². The highest BCUT2D eigenvalue weighted by molar-refractivity contribution is 5.85. The summed E-state index contributed by atoms with van der Waals surface area (Å²) in [6, 6.07) is 9.59. The number of aromatic nitrogens is 2. The van der Waals surface area contributed by atoms with Gasteiger partial charge in [0.25, 0.3) is 0 Å². The number of halogens is 1. The molecule has 2 N–H and O–H groups in total. The number of carbonyl (C=O) groups excluding carboxylic acids is 1. The molecule has 0 saturated carbocycles. The summed E-state index contributed by atoms with van der Waals surface area (Å²) in [6.07, 6.45) is 5.06. The molecule has 7 heteroatoms. The molecule has 6 nitrogen and oxygen atoms in total. The van der Waals surface area contributed by atoms with E-state index in [1.165, 1.54) is 0 Å². The Morgan fingerprint density at radius 2 is 2.17 bits per heavy atom. The minimum atomic E-state index is -0.604. The maximum atomic E-state index is 12.9. The lowest BCUT2D eigenvalue weighted by atomic mass is 9.87. The van der Waals surface area contributed by atoms with E-state index in [-0.39, 0.29) is 18.3 Å². The molecule has 1 aromatic heterocycles. The molecule has 130 valence electrons. The number of hydrogen-bond acceptors (Lipinski definition) is 4. The predicted molar refractivity (Wildman–Crippen MR) is 94.4 cm³/mol. The van der Waals surface area contributed by atoms with Crippen LogP contribution in [0.4, 0.5) is 0 Å². The summed E-state index contributed by atoms with van der Waals surface area (Å²) in [6.45, 7) is 2.10. The zero-order chi connectivity index (χ0) is 16.1. The molecule has 0 unspecified atom stereocenters. The summed E-state index contributed by atoms with van der Waals surface area (Å²) in [5.74, 6) is 0.811. The highest BCUT2D eigenvalue weighted by Gasteiger charge is 2.41. The summed E-state index contributed by atoms with van der Waals surface area (Å²) in [5, 5.41) is 10.7. The van der Waals surface area contributed by atoms with Gasteiger partial charge in [0.05, 0.1) is 7.11 Å². The lowest BCUT2D eigenvalue weighted by Crippen LogP contribution is -2.54. The Hall–Kier alpha value is -2.05. The van der Waals surface area contributed by atoms with E-state index < -0.39 is 5.54 Å². The third kappa shape index (κ3) is 3.71. The maximum Gasteiger partial charge on any atom is 0.248 e. The van der Waals surface area contributed by atoms with Crippen molar-refractivity contribution < 1.29 is 9.53 Å². The Bertz CT molecular complexity index is 654. The topological polar surface area (TPSA) is 68.2 Å². The summed E-state index contributed by atoms with van der Waals surface area (Å²) in [5.41, 5.74) is 0.412. The molecule has 0 spiro atoms. The molecule has 0 bridgehead atoms. The van der Waals surface area contributed by atoms with Crippen molar-refractivity contribution in [1.29, 1.82) is 0 Å². The second-order valence-corrected chi connectivity index (χ2v) is 5.77. The summed E-state index contributed by atoms with van der Waals surface area (Å²) in [7, 11) is 1.64. The van der Waals surface area contributed by atoms with E-state index in [0.29, 0.717) is 6.54 Å². The molecule has 1 aliphatic heterocycles. The van der Waals surface area contributed by atoms with Gasteiger partial charge in [0.2, 0.25) is 5.91 Å². The van der Waals surface area contributed by atoms with Crippen LogP contribution in [-0.2, 0) is 16.9 Å². The normalized spacial score (nSPS) is 16.0. The Kier molecular flexibility index (Phi) is 6.23. The first kappa shape index (κ1) is 18.3. The molecule has 2 aromatic rings. The SMILES string of the molecule is COc1cccc(CNC(=O)C2(n3cccn3)CCNCC2)c1.Cl. The second kappa shape index (κ2) is 8.17. The monoisotopic (exact) mass is 350 g/mol. The number of amides is 1. The molecule has 1 saturated heterocycles. The Morgan fingerprint density at radius 1 is 1.38 bits per heavy atom. The van der Waals surface area contributed by atoms with Gasteiger partial charge in [0.1, 0.15) is 11.3 Å². The number of rotatable bonds is 5. The summed E-state index contributed by atoms with van der Waals surface area (Å²) < 4.78 is 7.02. The van der Waals surface area contributed by atoms with Crippen LogP contribution in [0, 0.1) is 0 Å². The molecule has 1 aliphatic rings. The highest BCUT2D eigenvalue weighted by Crippen LogP contribution is 2.27. The fraction of sp³-hybridized carbons (Fsp3) is 0.412. The van der Waals surface area contributed by atoms with E-state index in [2.05, 4.69) is 15.7 Å². The average molecular weight is 351 g/mol. The second-order valence-electron chi connectivity index (χ2n) is 5.77. The van der Waals surface area contributed by atoms with Gasteiger partial charge in [-0.1, -0.05) is 12.1 Å². The Labute approximate surface area is 148 Å². The van der Waals surface area contributed by atoms with Crippen molar-refractivity contribution in [2.24, 2.45) is 0 Å². The van der Waals surface area contributed by atoms with Crippen molar-refractivity contribution in [2.45, 2.75) is 24.9 Å². The van der Waals surface area contributed by atoms with E-state index in [1.54, 1.807) is 18.0 Å². The standard InChI is InChI=1S/C17H22N4O2.ClH/c1-23-15-5-2-4-14(12-15)13-19-16(22)17(6-9-18-10-7-17)21-11-3-8-20-21;/h2-5,8,11-12,18H,6-7,9-10,13H2,1H3,(H,19,22);1H. The lowest BCUT2D eigenvalue weighted by molar-refractivity contribution is -0.132. The van der Waals surface area contributed by atoms with Crippen LogP contribution >= 0.6 is 12.4 Å².